The second-order valence-electron chi connectivity index (χ2n) is 4.02. The summed E-state index contributed by atoms with van der Waals surface area (Å²) in [5, 5.41) is 0. The van der Waals surface area contributed by atoms with Gasteiger partial charge in [-0.15, -0.1) is 0 Å². The Morgan fingerprint density at radius 1 is 1.37 bits per heavy atom. The Hall–Kier alpha value is -1.85. The Morgan fingerprint density at radius 2 is 1.95 bits per heavy atom. The minimum atomic E-state index is -4.87. The number of benzene rings is 1. The lowest BCUT2D eigenvalue weighted by atomic mass is 9.97. The number of methoxy groups -OCH3 is 1. The highest BCUT2D eigenvalue weighted by atomic mass is 19.4. The molecule has 0 N–H and O–H groups in total. The first-order chi connectivity index (χ1) is 8.66. The van der Waals surface area contributed by atoms with Gasteiger partial charge in [0.05, 0.1) is 19.1 Å². The SMILES string of the molecule is C=C(C)c1cc(F)c(C(F)(F)F)c(CC(=O)OC)c1. The maximum Gasteiger partial charge on any atom is 0.419 e. The van der Waals surface area contributed by atoms with E-state index >= 15 is 0 Å². The number of halogens is 4. The molecule has 1 aromatic rings. The van der Waals surface area contributed by atoms with Crippen molar-refractivity contribution < 1.29 is 27.1 Å². The van der Waals surface area contributed by atoms with E-state index in [4.69, 9.17) is 0 Å². The van der Waals surface area contributed by atoms with Crippen molar-refractivity contribution in [3.8, 4) is 0 Å². The molecular formula is C13H12F4O2. The van der Waals surface area contributed by atoms with Gasteiger partial charge < -0.3 is 4.74 Å². The molecule has 19 heavy (non-hydrogen) atoms. The fourth-order valence-electron chi connectivity index (χ4n) is 1.59. The van der Waals surface area contributed by atoms with Crippen LogP contribution in [0.2, 0.25) is 0 Å². The van der Waals surface area contributed by atoms with E-state index in [2.05, 4.69) is 11.3 Å². The van der Waals surface area contributed by atoms with Gasteiger partial charge in [-0.1, -0.05) is 18.2 Å². The number of hydrogen-bond donors (Lipinski definition) is 0. The summed E-state index contributed by atoms with van der Waals surface area (Å²) in [5.41, 5.74) is -1.29. The molecule has 0 radical (unpaired) electrons. The third kappa shape index (κ3) is 3.56. The second-order valence-corrected chi connectivity index (χ2v) is 4.02. The highest BCUT2D eigenvalue weighted by Crippen LogP contribution is 2.36. The van der Waals surface area contributed by atoms with Crippen LogP contribution in [-0.4, -0.2) is 13.1 Å². The maximum atomic E-state index is 13.6. The van der Waals surface area contributed by atoms with Crippen LogP contribution < -0.4 is 0 Å². The molecule has 0 saturated carbocycles. The summed E-state index contributed by atoms with van der Waals surface area (Å²) in [7, 11) is 1.05. The zero-order valence-corrected chi connectivity index (χ0v) is 10.4. The summed E-state index contributed by atoms with van der Waals surface area (Å²) in [6.45, 7) is 5.07. The third-order valence-electron chi connectivity index (χ3n) is 2.51. The lowest BCUT2D eigenvalue weighted by Crippen LogP contribution is -2.16. The first-order valence-electron chi connectivity index (χ1n) is 5.29. The van der Waals surface area contributed by atoms with E-state index in [1.54, 1.807) is 0 Å². The van der Waals surface area contributed by atoms with Crippen LogP contribution in [0.25, 0.3) is 5.57 Å². The van der Waals surface area contributed by atoms with Gasteiger partial charge in [0.1, 0.15) is 5.82 Å². The van der Waals surface area contributed by atoms with Gasteiger partial charge in [0.25, 0.3) is 0 Å². The molecule has 1 aromatic carbocycles. The van der Waals surface area contributed by atoms with Crippen molar-refractivity contribution in [2.75, 3.05) is 7.11 Å². The molecule has 0 heterocycles. The van der Waals surface area contributed by atoms with Crippen LogP contribution in [0.5, 0.6) is 0 Å². The lowest BCUT2D eigenvalue weighted by molar-refractivity contribution is -0.142. The smallest absolute Gasteiger partial charge is 0.419 e. The first kappa shape index (κ1) is 15.2. The van der Waals surface area contributed by atoms with Crippen molar-refractivity contribution in [2.24, 2.45) is 0 Å². The van der Waals surface area contributed by atoms with E-state index in [1.165, 1.54) is 6.92 Å². The van der Waals surface area contributed by atoms with Gasteiger partial charge in [-0.2, -0.15) is 13.2 Å². The summed E-state index contributed by atoms with van der Waals surface area (Å²) < 4.78 is 56.3. The molecule has 104 valence electrons. The largest absolute Gasteiger partial charge is 0.469 e. The van der Waals surface area contributed by atoms with Gasteiger partial charge in [-0.3, -0.25) is 4.79 Å². The number of rotatable bonds is 3. The van der Waals surface area contributed by atoms with Crippen LogP contribution in [0, 0.1) is 5.82 Å². The standard InChI is InChI=1S/C13H12F4O2/c1-7(2)8-4-9(6-11(18)19-3)12(10(14)5-8)13(15,16)17/h4-5H,1,6H2,2-3H3. The van der Waals surface area contributed by atoms with Gasteiger partial charge in [0.2, 0.25) is 0 Å². The molecule has 0 bridgehead atoms. The summed E-state index contributed by atoms with van der Waals surface area (Å²) in [6, 6.07) is 1.86. The normalized spacial score (nSPS) is 11.3. The average Bonchev–Trinajstić information content (AvgIpc) is 2.25. The van der Waals surface area contributed by atoms with E-state index in [1.807, 2.05) is 0 Å². The molecule has 0 unspecified atom stereocenters. The van der Waals surface area contributed by atoms with Crippen molar-refractivity contribution in [1.82, 2.24) is 0 Å². The highest BCUT2D eigenvalue weighted by molar-refractivity contribution is 5.74. The zero-order valence-electron chi connectivity index (χ0n) is 10.4. The maximum absolute atomic E-state index is 13.6. The van der Waals surface area contributed by atoms with Crippen LogP contribution in [0.15, 0.2) is 18.7 Å². The zero-order chi connectivity index (χ0) is 14.8. The van der Waals surface area contributed by atoms with Gasteiger partial charge in [-0.05, 0) is 24.1 Å². The molecule has 2 nitrogen and oxygen atoms in total. The van der Waals surface area contributed by atoms with Crippen molar-refractivity contribution >= 4 is 11.5 Å². The topological polar surface area (TPSA) is 26.3 Å². The Labute approximate surface area is 107 Å². The van der Waals surface area contributed by atoms with Gasteiger partial charge in [0, 0.05) is 0 Å². The Kier molecular flexibility index (Phi) is 4.34. The van der Waals surface area contributed by atoms with E-state index in [0.717, 1.165) is 19.2 Å². The molecular weight excluding hydrogens is 264 g/mol. The van der Waals surface area contributed by atoms with E-state index < -0.39 is 35.5 Å². The van der Waals surface area contributed by atoms with Crippen LogP contribution in [0.1, 0.15) is 23.6 Å². The Balaban J connectivity index is 3.44. The molecule has 0 saturated heterocycles. The monoisotopic (exact) mass is 276 g/mol. The van der Waals surface area contributed by atoms with Crippen molar-refractivity contribution in [3.05, 3.63) is 41.2 Å². The molecule has 0 amide bonds. The van der Waals surface area contributed by atoms with Crippen molar-refractivity contribution in [1.29, 1.82) is 0 Å². The lowest BCUT2D eigenvalue weighted by Gasteiger charge is -2.15. The molecule has 0 fully saturated rings. The predicted octanol–water partition coefficient (Wildman–Crippen LogP) is 3.59. The van der Waals surface area contributed by atoms with Crippen LogP contribution in [-0.2, 0) is 22.1 Å². The average molecular weight is 276 g/mol. The van der Waals surface area contributed by atoms with E-state index in [0.29, 0.717) is 5.57 Å². The third-order valence-corrected chi connectivity index (χ3v) is 2.51. The molecule has 0 aliphatic heterocycles. The van der Waals surface area contributed by atoms with Crippen LogP contribution in [0.3, 0.4) is 0 Å². The molecule has 0 spiro atoms. The predicted molar refractivity (Wildman–Crippen MR) is 61.8 cm³/mol. The van der Waals surface area contributed by atoms with Crippen LogP contribution >= 0.6 is 0 Å². The summed E-state index contributed by atoms with van der Waals surface area (Å²) >= 11 is 0. The Morgan fingerprint density at radius 3 is 2.37 bits per heavy atom. The molecule has 1 rings (SSSR count). The molecule has 0 atom stereocenters. The summed E-state index contributed by atoms with van der Waals surface area (Å²) in [5.74, 6) is -2.30. The minimum Gasteiger partial charge on any atom is -0.469 e. The second kappa shape index (κ2) is 5.42. The number of carbonyl (C=O) groups excluding carboxylic acids is 1. The minimum absolute atomic E-state index is 0.212. The number of hydrogen-bond acceptors (Lipinski definition) is 2. The van der Waals surface area contributed by atoms with Gasteiger partial charge in [0.15, 0.2) is 0 Å². The molecule has 0 aliphatic carbocycles. The Bertz CT molecular complexity index is 518. The van der Waals surface area contributed by atoms with Gasteiger partial charge >= 0.3 is 12.1 Å². The van der Waals surface area contributed by atoms with E-state index in [9.17, 15) is 22.4 Å². The number of allylic oxidation sites excluding steroid dienone is 1. The number of carbonyl (C=O) groups is 1. The number of esters is 1. The highest BCUT2D eigenvalue weighted by Gasteiger charge is 2.37. The fourth-order valence-corrected chi connectivity index (χ4v) is 1.59. The van der Waals surface area contributed by atoms with E-state index in [-0.39, 0.29) is 5.56 Å². The first-order valence-corrected chi connectivity index (χ1v) is 5.29. The van der Waals surface area contributed by atoms with Crippen molar-refractivity contribution in [3.63, 3.8) is 0 Å². The summed E-state index contributed by atoms with van der Waals surface area (Å²) in [6.07, 6.45) is -5.52. The summed E-state index contributed by atoms with van der Waals surface area (Å²) in [4.78, 5) is 11.1. The quantitative estimate of drug-likeness (QED) is 0.623. The fraction of sp³-hybridized carbons (Fsp3) is 0.308. The molecule has 0 aliphatic rings. The van der Waals surface area contributed by atoms with Crippen molar-refractivity contribution in [2.45, 2.75) is 19.5 Å². The van der Waals surface area contributed by atoms with Gasteiger partial charge in [-0.25, -0.2) is 4.39 Å². The number of ether oxygens (including phenoxy) is 1. The number of alkyl halides is 3. The molecule has 0 aromatic heterocycles. The molecule has 6 heteroatoms. The van der Waals surface area contributed by atoms with Crippen LogP contribution in [0.4, 0.5) is 17.6 Å².